The van der Waals surface area contributed by atoms with Gasteiger partial charge in [0.15, 0.2) is 12.0 Å². The van der Waals surface area contributed by atoms with Gasteiger partial charge < -0.3 is 4.74 Å². The maximum Gasteiger partial charge on any atom is 0.158 e. The van der Waals surface area contributed by atoms with Gasteiger partial charge in [-0.2, -0.15) is 0 Å². The Morgan fingerprint density at radius 2 is 1.67 bits per heavy atom. The van der Waals surface area contributed by atoms with Crippen LogP contribution in [-0.4, -0.2) is 6.29 Å². The highest BCUT2D eigenvalue weighted by Gasteiger charge is 2.16. The third-order valence-electron chi connectivity index (χ3n) is 2.24. The van der Waals surface area contributed by atoms with Crippen molar-refractivity contribution in [3.8, 4) is 11.5 Å². The second-order valence-electron chi connectivity index (χ2n) is 3.44. The second-order valence-corrected chi connectivity index (χ2v) is 4.60. The van der Waals surface area contributed by atoms with E-state index in [-0.39, 0.29) is 26.4 Å². The van der Waals surface area contributed by atoms with E-state index in [0.29, 0.717) is 12.0 Å². The summed E-state index contributed by atoms with van der Waals surface area (Å²) in [5.41, 5.74) is 0.248. The van der Waals surface area contributed by atoms with Crippen molar-refractivity contribution >= 4 is 41.1 Å². The van der Waals surface area contributed by atoms with E-state index in [4.69, 9.17) is 39.5 Å². The predicted octanol–water partition coefficient (Wildman–Crippen LogP) is 5.25. The van der Waals surface area contributed by atoms with Crippen molar-refractivity contribution in [2.24, 2.45) is 0 Å². The standard InChI is InChI=1S/C13H7Cl3O2/c14-10-6-8(7-17)13(12(16)11(10)15)18-9-4-2-1-3-5-9/h1-7H. The van der Waals surface area contributed by atoms with Crippen LogP contribution in [0.3, 0.4) is 0 Å². The lowest BCUT2D eigenvalue weighted by Gasteiger charge is -2.11. The van der Waals surface area contributed by atoms with E-state index in [2.05, 4.69) is 0 Å². The largest absolute Gasteiger partial charge is 0.455 e. The van der Waals surface area contributed by atoms with Crippen LogP contribution in [-0.2, 0) is 0 Å². The molecule has 0 saturated heterocycles. The van der Waals surface area contributed by atoms with E-state index in [1.807, 2.05) is 6.07 Å². The van der Waals surface area contributed by atoms with Crippen molar-refractivity contribution in [2.75, 3.05) is 0 Å². The minimum absolute atomic E-state index is 0.120. The van der Waals surface area contributed by atoms with Crippen molar-refractivity contribution in [2.45, 2.75) is 0 Å². The third kappa shape index (κ3) is 2.61. The molecule has 0 saturated carbocycles. The highest BCUT2D eigenvalue weighted by molar-refractivity contribution is 6.49. The predicted molar refractivity (Wildman–Crippen MR) is 73.4 cm³/mol. The van der Waals surface area contributed by atoms with Gasteiger partial charge in [-0.25, -0.2) is 0 Å². The summed E-state index contributed by atoms with van der Waals surface area (Å²) in [6, 6.07) is 10.4. The number of hydrogen-bond donors (Lipinski definition) is 0. The minimum Gasteiger partial charge on any atom is -0.455 e. The SMILES string of the molecule is O=Cc1cc(Cl)c(Cl)c(Cl)c1Oc1ccccc1. The highest BCUT2D eigenvalue weighted by atomic mass is 35.5. The zero-order chi connectivity index (χ0) is 13.1. The average Bonchev–Trinajstić information content (AvgIpc) is 2.40. The summed E-state index contributed by atoms with van der Waals surface area (Å²) in [6.45, 7) is 0. The molecular formula is C13H7Cl3O2. The number of halogens is 3. The number of carbonyl (C=O) groups excluding carboxylic acids is 1. The first kappa shape index (κ1) is 13.2. The molecule has 0 radical (unpaired) electrons. The monoisotopic (exact) mass is 300 g/mol. The highest BCUT2D eigenvalue weighted by Crippen LogP contribution is 2.41. The molecule has 0 heterocycles. The summed E-state index contributed by atoms with van der Waals surface area (Å²) in [5, 5.41) is 0.495. The van der Waals surface area contributed by atoms with Crippen LogP contribution in [0.5, 0.6) is 11.5 Å². The molecule has 2 aromatic carbocycles. The van der Waals surface area contributed by atoms with Gasteiger partial charge in [0.2, 0.25) is 0 Å². The molecule has 18 heavy (non-hydrogen) atoms. The van der Waals surface area contributed by atoms with Gasteiger partial charge in [-0.1, -0.05) is 53.0 Å². The first-order valence-corrected chi connectivity index (χ1v) is 6.12. The summed E-state index contributed by atoms with van der Waals surface area (Å²) in [5.74, 6) is 0.758. The summed E-state index contributed by atoms with van der Waals surface area (Å²) >= 11 is 17.8. The molecule has 2 rings (SSSR count). The lowest BCUT2D eigenvalue weighted by atomic mass is 10.2. The van der Waals surface area contributed by atoms with Crippen LogP contribution in [0.15, 0.2) is 36.4 Å². The second kappa shape index (κ2) is 5.61. The first-order valence-electron chi connectivity index (χ1n) is 4.99. The molecule has 2 aromatic rings. The molecule has 5 heteroatoms. The first-order chi connectivity index (χ1) is 8.63. The van der Waals surface area contributed by atoms with Crippen molar-refractivity contribution in [3.63, 3.8) is 0 Å². The molecule has 2 nitrogen and oxygen atoms in total. The number of benzene rings is 2. The molecule has 0 bridgehead atoms. The van der Waals surface area contributed by atoms with Gasteiger partial charge in [0.1, 0.15) is 10.8 Å². The molecule has 0 unspecified atom stereocenters. The molecule has 92 valence electrons. The van der Waals surface area contributed by atoms with Crippen molar-refractivity contribution in [3.05, 3.63) is 57.0 Å². The molecular weight excluding hydrogens is 295 g/mol. The van der Waals surface area contributed by atoms with E-state index in [0.717, 1.165) is 0 Å². The fourth-order valence-corrected chi connectivity index (χ4v) is 2.04. The Hall–Kier alpha value is -1.22. The van der Waals surface area contributed by atoms with Gasteiger partial charge >= 0.3 is 0 Å². The minimum atomic E-state index is 0.120. The average molecular weight is 302 g/mol. The van der Waals surface area contributed by atoms with Crippen LogP contribution in [0.25, 0.3) is 0 Å². The number of ether oxygens (including phenoxy) is 1. The van der Waals surface area contributed by atoms with Gasteiger partial charge in [-0.15, -0.1) is 0 Å². The molecule has 0 N–H and O–H groups in total. The summed E-state index contributed by atoms with van der Waals surface area (Å²) in [6.07, 6.45) is 0.617. The summed E-state index contributed by atoms with van der Waals surface area (Å²) in [7, 11) is 0. The van der Waals surface area contributed by atoms with Crippen molar-refractivity contribution in [1.29, 1.82) is 0 Å². The van der Waals surface area contributed by atoms with E-state index in [9.17, 15) is 4.79 Å². The van der Waals surface area contributed by atoms with E-state index in [1.54, 1.807) is 24.3 Å². The lowest BCUT2D eigenvalue weighted by molar-refractivity contribution is 0.112. The maximum absolute atomic E-state index is 11.0. The zero-order valence-corrected chi connectivity index (χ0v) is 11.3. The van der Waals surface area contributed by atoms with Crippen LogP contribution in [0.1, 0.15) is 10.4 Å². The molecule has 0 aliphatic rings. The van der Waals surface area contributed by atoms with Crippen molar-refractivity contribution < 1.29 is 9.53 Å². The molecule has 0 aliphatic carbocycles. The molecule has 0 spiro atoms. The van der Waals surface area contributed by atoms with Crippen LogP contribution < -0.4 is 4.74 Å². The number of aldehydes is 1. The Morgan fingerprint density at radius 3 is 2.28 bits per heavy atom. The van der Waals surface area contributed by atoms with E-state index < -0.39 is 0 Å². The third-order valence-corrected chi connectivity index (χ3v) is 3.48. The van der Waals surface area contributed by atoms with Gasteiger partial charge in [0, 0.05) is 0 Å². The fourth-order valence-electron chi connectivity index (χ4n) is 1.39. The van der Waals surface area contributed by atoms with Gasteiger partial charge in [0.05, 0.1) is 15.6 Å². The molecule has 0 amide bonds. The summed E-state index contributed by atoms with van der Waals surface area (Å²) in [4.78, 5) is 11.0. The normalized spacial score (nSPS) is 10.2. The molecule has 0 aromatic heterocycles. The topological polar surface area (TPSA) is 26.3 Å². The van der Waals surface area contributed by atoms with Gasteiger partial charge in [-0.05, 0) is 18.2 Å². The number of para-hydroxylation sites is 1. The molecule has 0 fully saturated rings. The Morgan fingerprint density at radius 1 is 1.00 bits per heavy atom. The Kier molecular flexibility index (Phi) is 4.12. The van der Waals surface area contributed by atoms with Gasteiger partial charge in [-0.3, -0.25) is 4.79 Å². The smallest absolute Gasteiger partial charge is 0.158 e. The Bertz CT molecular complexity index is 583. The number of hydrogen-bond acceptors (Lipinski definition) is 2. The fraction of sp³-hybridized carbons (Fsp3) is 0. The van der Waals surface area contributed by atoms with Gasteiger partial charge in [0.25, 0.3) is 0 Å². The number of rotatable bonds is 3. The van der Waals surface area contributed by atoms with Crippen LogP contribution in [0.4, 0.5) is 0 Å². The van der Waals surface area contributed by atoms with Crippen LogP contribution in [0, 0.1) is 0 Å². The zero-order valence-electron chi connectivity index (χ0n) is 8.99. The van der Waals surface area contributed by atoms with Crippen molar-refractivity contribution in [1.82, 2.24) is 0 Å². The number of carbonyl (C=O) groups is 1. The van der Waals surface area contributed by atoms with Crippen LogP contribution >= 0.6 is 34.8 Å². The quantitative estimate of drug-likeness (QED) is 0.571. The van der Waals surface area contributed by atoms with Crippen LogP contribution in [0.2, 0.25) is 15.1 Å². The Labute approximate surface area is 119 Å². The molecule has 0 atom stereocenters. The summed E-state index contributed by atoms with van der Waals surface area (Å²) < 4.78 is 5.56. The Balaban J connectivity index is 2.50. The molecule has 0 aliphatic heterocycles. The maximum atomic E-state index is 11.0. The van der Waals surface area contributed by atoms with E-state index in [1.165, 1.54) is 6.07 Å². The van der Waals surface area contributed by atoms with E-state index >= 15 is 0 Å². The lowest BCUT2D eigenvalue weighted by Crippen LogP contribution is -1.93.